The molecular weight excluding hydrogens is 518 g/mol. The molecule has 0 saturated heterocycles. The molecule has 3 aromatic rings. The first kappa shape index (κ1) is 30.1. The summed E-state index contributed by atoms with van der Waals surface area (Å²) >= 11 is 0. The largest absolute Gasteiger partial charge is 0.497 e. The number of amides is 2. The topological polar surface area (TPSA) is 91.3 Å². The van der Waals surface area contributed by atoms with Crippen molar-refractivity contribution >= 4 is 17.5 Å². The lowest BCUT2D eigenvalue weighted by atomic mass is 10.0. The number of hydrogen-bond acceptors (Lipinski definition) is 6. The van der Waals surface area contributed by atoms with Crippen molar-refractivity contribution in [1.82, 2.24) is 9.80 Å². The molecule has 0 fully saturated rings. The predicted octanol–water partition coefficient (Wildman–Crippen LogP) is 4.16. The molecule has 0 bridgehead atoms. The van der Waals surface area contributed by atoms with Crippen molar-refractivity contribution in [3.8, 4) is 11.5 Å². The molecule has 1 aliphatic heterocycles. The number of fused-ring (bicyclic) bond motifs is 1. The number of carbonyl (C=O) groups excluding carboxylic acids is 2. The van der Waals surface area contributed by atoms with Crippen LogP contribution >= 0.6 is 0 Å². The van der Waals surface area contributed by atoms with E-state index in [1.807, 2.05) is 67.6 Å². The summed E-state index contributed by atoms with van der Waals surface area (Å²) in [7, 11) is 3.71. The van der Waals surface area contributed by atoms with Crippen molar-refractivity contribution in [2.75, 3.05) is 39.2 Å². The van der Waals surface area contributed by atoms with Crippen molar-refractivity contribution in [1.29, 1.82) is 0 Å². The molecule has 4 rings (SSSR count). The van der Waals surface area contributed by atoms with Gasteiger partial charge < -0.3 is 24.8 Å². The maximum Gasteiger partial charge on any atom is 0.228 e. The summed E-state index contributed by atoms with van der Waals surface area (Å²) in [6, 6.07) is 22.7. The fraction of sp³-hybridized carbons (Fsp3) is 0.394. The first-order chi connectivity index (χ1) is 19.7. The summed E-state index contributed by atoms with van der Waals surface area (Å²) in [5, 5.41) is 12.9. The van der Waals surface area contributed by atoms with Crippen molar-refractivity contribution in [3.05, 3.63) is 89.5 Å². The van der Waals surface area contributed by atoms with E-state index in [1.165, 1.54) is 0 Å². The fourth-order valence-corrected chi connectivity index (χ4v) is 5.13. The first-order valence-corrected chi connectivity index (χ1v) is 14.1. The van der Waals surface area contributed by atoms with Gasteiger partial charge in [-0.3, -0.25) is 14.5 Å². The Hall–Kier alpha value is -3.88. The third-order valence-corrected chi connectivity index (χ3v) is 7.51. The molecule has 8 nitrogen and oxygen atoms in total. The quantitative estimate of drug-likeness (QED) is 0.388. The maximum atomic E-state index is 13.5. The Morgan fingerprint density at radius 3 is 2.54 bits per heavy atom. The predicted molar refractivity (Wildman–Crippen MR) is 160 cm³/mol. The van der Waals surface area contributed by atoms with E-state index in [9.17, 15) is 14.7 Å². The Balaban J connectivity index is 1.55. The smallest absolute Gasteiger partial charge is 0.228 e. The molecule has 0 saturated carbocycles. The normalized spacial score (nSPS) is 18.0. The number of methoxy groups -OCH3 is 1. The van der Waals surface area contributed by atoms with E-state index in [1.54, 1.807) is 12.0 Å². The SMILES string of the molecule is COc1ccc(CN(C)C[C@@H]2Oc3ccc(NC(=O)Cc4ccccc4)cc3CC(=O)N([C@@H](C)CO)C[C@H]2C)cc1. The molecule has 0 spiro atoms. The van der Waals surface area contributed by atoms with Gasteiger partial charge in [0.15, 0.2) is 0 Å². The van der Waals surface area contributed by atoms with Gasteiger partial charge in [-0.25, -0.2) is 0 Å². The van der Waals surface area contributed by atoms with Crippen LogP contribution in [0.2, 0.25) is 0 Å². The van der Waals surface area contributed by atoms with E-state index < -0.39 is 0 Å². The average molecular weight is 560 g/mol. The Morgan fingerprint density at radius 1 is 1.12 bits per heavy atom. The van der Waals surface area contributed by atoms with E-state index in [2.05, 4.69) is 36.3 Å². The van der Waals surface area contributed by atoms with E-state index in [4.69, 9.17) is 9.47 Å². The van der Waals surface area contributed by atoms with Crippen molar-refractivity contribution < 1.29 is 24.2 Å². The van der Waals surface area contributed by atoms with Gasteiger partial charge in [0.05, 0.1) is 32.6 Å². The number of aliphatic hydroxyl groups excluding tert-OH is 1. The van der Waals surface area contributed by atoms with Gasteiger partial charge in [-0.05, 0) is 55.4 Å². The second-order valence-corrected chi connectivity index (χ2v) is 11.0. The van der Waals surface area contributed by atoms with Gasteiger partial charge in [-0.1, -0.05) is 49.4 Å². The maximum absolute atomic E-state index is 13.5. The molecule has 0 aliphatic carbocycles. The van der Waals surface area contributed by atoms with E-state index in [0.29, 0.717) is 30.1 Å². The van der Waals surface area contributed by atoms with E-state index in [-0.39, 0.29) is 49.3 Å². The molecule has 3 aromatic carbocycles. The highest BCUT2D eigenvalue weighted by Crippen LogP contribution is 2.29. The van der Waals surface area contributed by atoms with Gasteiger partial charge in [-0.15, -0.1) is 0 Å². The third kappa shape index (κ3) is 8.31. The number of nitrogens with one attached hydrogen (secondary N) is 1. The lowest BCUT2D eigenvalue weighted by Crippen LogP contribution is -2.47. The second-order valence-electron chi connectivity index (χ2n) is 11.0. The van der Waals surface area contributed by atoms with Gasteiger partial charge in [0.1, 0.15) is 17.6 Å². The number of anilines is 1. The number of rotatable bonds is 10. The van der Waals surface area contributed by atoms with Gasteiger partial charge in [0.2, 0.25) is 11.8 Å². The highest BCUT2D eigenvalue weighted by atomic mass is 16.5. The van der Waals surface area contributed by atoms with Crippen LogP contribution in [0.4, 0.5) is 5.69 Å². The Morgan fingerprint density at radius 2 is 1.85 bits per heavy atom. The van der Waals surface area contributed by atoms with Crippen molar-refractivity contribution in [2.45, 2.75) is 45.4 Å². The van der Waals surface area contributed by atoms with Crippen LogP contribution < -0.4 is 14.8 Å². The molecule has 2 amide bonds. The zero-order valence-corrected chi connectivity index (χ0v) is 24.4. The highest BCUT2D eigenvalue weighted by molar-refractivity contribution is 5.92. The minimum absolute atomic E-state index is 0.00229. The Labute approximate surface area is 242 Å². The first-order valence-electron chi connectivity index (χ1n) is 14.1. The Kier molecular flexibility index (Phi) is 10.4. The molecular formula is C33H41N3O5. The molecule has 8 heteroatoms. The van der Waals surface area contributed by atoms with Crippen LogP contribution in [0, 0.1) is 5.92 Å². The minimum atomic E-state index is -0.321. The summed E-state index contributed by atoms with van der Waals surface area (Å²) in [6.45, 7) is 5.65. The van der Waals surface area contributed by atoms with Crippen molar-refractivity contribution in [2.24, 2.45) is 5.92 Å². The van der Waals surface area contributed by atoms with Gasteiger partial charge in [0, 0.05) is 36.8 Å². The molecule has 2 N–H and O–H groups in total. The summed E-state index contributed by atoms with van der Waals surface area (Å²) in [6.07, 6.45) is 0.160. The van der Waals surface area contributed by atoms with Crippen LogP contribution in [0.15, 0.2) is 72.8 Å². The Bertz CT molecular complexity index is 1300. The lowest BCUT2D eigenvalue weighted by molar-refractivity contribution is -0.134. The molecule has 218 valence electrons. The van der Waals surface area contributed by atoms with Crippen LogP contribution in [-0.2, 0) is 29.0 Å². The van der Waals surface area contributed by atoms with Crippen molar-refractivity contribution in [3.63, 3.8) is 0 Å². The van der Waals surface area contributed by atoms with Gasteiger partial charge >= 0.3 is 0 Å². The lowest BCUT2D eigenvalue weighted by Gasteiger charge is -2.34. The number of carbonyl (C=O) groups is 2. The summed E-state index contributed by atoms with van der Waals surface area (Å²) in [5.41, 5.74) is 3.41. The van der Waals surface area contributed by atoms with Crippen LogP contribution in [-0.4, -0.2) is 72.7 Å². The third-order valence-electron chi connectivity index (χ3n) is 7.51. The number of ether oxygens (including phenoxy) is 2. The number of hydrogen-bond donors (Lipinski definition) is 2. The summed E-state index contributed by atoms with van der Waals surface area (Å²) in [4.78, 5) is 30.2. The fourth-order valence-electron chi connectivity index (χ4n) is 5.13. The zero-order chi connectivity index (χ0) is 29.4. The second kappa shape index (κ2) is 14.1. The number of aliphatic hydroxyl groups is 1. The molecule has 0 aromatic heterocycles. The standard InChI is InChI=1S/C33H41N3O5/c1-23-19-36(24(2)22-37)33(39)18-27-17-28(34-32(38)16-25-8-6-5-7-9-25)12-15-30(27)41-31(23)21-35(3)20-26-10-13-29(40-4)14-11-26/h5-15,17,23-24,31,37H,16,18-22H2,1-4H3,(H,34,38)/t23-,24+,31+/m1/s1. The van der Waals surface area contributed by atoms with Crippen LogP contribution in [0.3, 0.4) is 0 Å². The average Bonchev–Trinajstić information content (AvgIpc) is 3.01. The molecule has 3 atom stereocenters. The van der Waals surface area contributed by atoms with Gasteiger partial charge in [0.25, 0.3) is 0 Å². The number of benzene rings is 3. The molecule has 0 unspecified atom stereocenters. The molecule has 1 heterocycles. The van der Waals surface area contributed by atoms with E-state index >= 15 is 0 Å². The zero-order valence-electron chi connectivity index (χ0n) is 24.4. The van der Waals surface area contributed by atoms with Crippen LogP contribution in [0.5, 0.6) is 11.5 Å². The van der Waals surface area contributed by atoms with Crippen LogP contribution in [0.25, 0.3) is 0 Å². The monoisotopic (exact) mass is 559 g/mol. The molecule has 1 aliphatic rings. The number of likely N-dealkylation sites (N-methyl/N-ethyl adjacent to an activating group) is 1. The summed E-state index contributed by atoms with van der Waals surface area (Å²) < 4.78 is 11.9. The van der Waals surface area contributed by atoms with Gasteiger partial charge in [-0.2, -0.15) is 0 Å². The number of nitrogens with zero attached hydrogens (tertiary/aromatic N) is 2. The van der Waals surface area contributed by atoms with E-state index in [0.717, 1.165) is 23.4 Å². The molecule has 0 radical (unpaired) electrons. The van der Waals surface area contributed by atoms with Crippen LogP contribution in [0.1, 0.15) is 30.5 Å². The highest BCUT2D eigenvalue weighted by Gasteiger charge is 2.31. The molecule has 41 heavy (non-hydrogen) atoms. The summed E-state index contributed by atoms with van der Waals surface area (Å²) in [5.74, 6) is 1.24. The minimum Gasteiger partial charge on any atom is -0.497 e.